The van der Waals surface area contributed by atoms with E-state index >= 15 is 0 Å². The molecule has 7 heteroatoms. The molecule has 0 atom stereocenters. The lowest BCUT2D eigenvalue weighted by atomic mass is 10.2. The highest BCUT2D eigenvalue weighted by atomic mass is 32.1. The van der Waals surface area contributed by atoms with Crippen LogP contribution in [0.1, 0.15) is 28.9 Å². The Kier molecular flexibility index (Phi) is 3.91. The number of thiazole rings is 1. The molecule has 0 saturated heterocycles. The fourth-order valence-corrected chi connectivity index (χ4v) is 2.94. The molecule has 0 radical (unpaired) electrons. The van der Waals surface area contributed by atoms with Gasteiger partial charge in [0.2, 0.25) is 0 Å². The lowest BCUT2D eigenvalue weighted by Crippen LogP contribution is -2.16. The van der Waals surface area contributed by atoms with Gasteiger partial charge >= 0.3 is 0 Å². The Bertz CT molecular complexity index is 974. The van der Waals surface area contributed by atoms with Crippen molar-refractivity contribution < 1.29 is 4.42 Å². The lowest BCUT2D eigenvalue weighted by Gasteiger charge is -2.02. The largest absolute Gasteiger partial charge is 0.462 e. The van der Waals surface area contributed by atoms with Crippen LogP contribution in [0.3, 0.4) is 0 Å². The van der Waals surface area contributed by atoms with E-state index < -0.39 is 5.56 Å². The number of hydrogen-bond acceptors (Lipinski definition) is 6. The minimum atomic E-state index is -0.427. The van der Waals surface area contributed by atoms with Gasteiger partial charge in [0.15, 0.2) is 10.8 Å². The van der Waals surface area contributed by atoms with E-state index in [1.807, 2.05) is 31.2 Å². The van der Waals surface area contributed by atoms with Gasteiger partial charge in [0.1, 0.15) is 17.5 Å². The topological polar surface area (TPSA) is 95.6 Å². The molecule has 3 aromatic rings. The number of aryl methyl sites for hydroxylation is 1. The monoisotopic (exact) mass is 324 g/mol. The van der Waals surface area contributed by atoms with Gasteiger partial charge in [-0.25, -0.2) is 9.97 Å². The molecule has 0 aliphatic rings. The van der Waals surface area contributed by atoms with Crippen molar-refractivity contribution >= 4 is 23.0 Å². The second-order valence-electron chi connectivity index (χ2n) is 4.86. The minimum Gasteiger partial charge on any atom is -0.462 e. The fraction of sp³-hybridized carbons (Fsp3) is 0.125. The number of H-pyrrole nitrogens is 1. The third-order valence-corrected chi connectivity index (χ3v) is 4.16. The minimum absolute atomic E-state index is 0.0412. The molecule has 0 saturated carbocycles. The summed E-state index contributed by atoms with van der Waals surface area (Å²) in [6, 6.07) is 5.51. The summed E-state index contributed by atoms with van der Waals surface area (Å²) in [5.41, 5.74) is 0.812. The first-order valence-corrected chi connectivity index (χ1v) is 7.59. The van der Waals surface area contributed by atoms with E-state index in [0.717, 1.165) is 15.5 Å². The van der Waals surface area contributed by atoms with Crippen molar-refractivity contribution in [3.8, 4) is 16.8 Å². The Hall–Kier alpha value is -2.98. The third-order valence-electron chi connectivity index (χ3n) is 3.20. The van der Waals surface area contributed by atoms with Crippen LogP contribution >= 0.6 is 11.3 Å². The fourth-order valence-electron chi connectivity index (χ4n) is 2.05. The molecule has 0 aliphatic heterocycles. The molecule has 6 nitrogen and oxygen atoms in total. The van der Waals surface area contributed by atoms with Crippen LogP contribution in [0, 0.1) is 18.3 Å². The second-order valence-corrected chi connectivity index (χ2v) is 5.92. The van der Waals surface area contributed by atoms with Gasteiger partial charge < -0.3 is 9.40 Å². The average molecular weight is 324 g/mol. The molecule has 0 amide bonds. The first-order chi connectivity index (χ1) is 11.1. The van der Waals surface area contributed by atoms with E-state index in [-0.39, 0.29) is 5.56 Å². The number of rotatable bonds is 3. The Morgan fingerprint density at radius 1 is 1.52 bits per heavy atom. The Morgan fingerprint density at radius 3 is 3.00 bits per heavy atom. The van der Waals surface area contributed by atoms with Crippen LogP contribution in [0.15, 0.2) is 33.8 Å². The number of hydrogen-bond donors (Lipinski definition) is 1. The number of allylic oxidation sites excluding steroid dienone is 1. The highest BCUT2D eigenvalue weighted by Crippen LogP contribution is 2.27. The van der Waals surface area contributed by atoms with Crippen molar-refractivity contribution in [2.45, 2.75) is 13.8 Å². The predicted octanol–water partition coefficient (Wildman–Crippen LogP) is 3.23. The van der Waals surface area contributed by atoms with Gasteiger partial charge in [0.25, 0.3) is 5.56 Å². The van der Waals surface area contributed by atoms with E-state index in [9.17, 15) is 4.79 Å². The van der Waals surface area contributed by atoms with Crippen LogP contribution < -0.4 is 5.56 Å². The zero-order chi connectivity index (χ0) is 16.4. The molecule has 0 aliphatic carbocycles. The van der Waals surface area contributed by atoms with Crippen LogP contribution in [-0.4, -0.2) is 15.0 Å². The smallest absolute Gasteiger partial charge is 0.269 e. The van der Waals surface area contributed by atoms with Gasteiger partial charge in [-0.2, -0.15) is 5.26 Å². The van der Waals surface area contributed by atoms with Crippen molar-refractivity contribution in [2.24, 2.45) is 0 Å². The van der Waals surface area contributed by atoms with Crippen LogP contribution in [-0.2, 0) is 0 Å². The summed E-state index contributed by atoms with van der Waals surface area (Å²) in [5, 5.41) is 9.70. The number of nitrogens with zero attached hydrogens (tertiary/aromatic N) is 3. The maximum absolute atomic E-state index is 11.8. The van der Waals surface area contributed by atoms with Crippen LogP contribution in [0.4, 0.5) is 0 Å². The summed E-state index contributed by atoms with van der Waals surface area (Å²) in [6.45, 7) is 3.49. The summed E-state index contributed by atoms with van der Waals surface area (Å²) in [6.07, 6.45) is 5.22. The molecule has 114 valence electrons. The Morgan fingerprint density at radius 2 is 2.35 bits per heavy atom. The maximum atomic E-state index is 11.8. The number of aromatic nitrogens is 3. The van der Waals surface area contributed by atoms with Crippen molar-refractivity contribution in [3.05, 3.63) is 56.9 Å². The van der Waals surface area contributed by atoms with E-state index in [4.69, 9.17) is 9.68 Å². The van der Waals surface area contributed by atoms with E-state index in [1.54, 1.807) is 19.4 Å². The lowest BCUT2D eigenvalue weighted by molar-refractivity contribution is 0.582. The van der Waals surface area contributed by atoms with Gasteiger partial charge in [-0.3, -0.25) is 4.79 Å². The van der Waals surface area contributed by atoms with E-state index in [2.05, 4.69) is 15.0 Å². The van der Waals surface area contributed by atoms with Crippen molar-refractivity contribution in [2.75, 3.05) is 0 Å². The molecular weight excluding hydrogens is 312 g/mol. The zero-order valence-corrected chi connectivity index (χ0v) is 13.3. The molecule has 3 heterocycles. The van der Waals surface area contributed by atoms with Gasteiger partial charge in [-0.15, -0.1) is 11.3 Å². The summed E-state index contributed by atoms with van der Waals surface area (Å²) >= 11 is 1.48. The SMILES string of the molecule is CC(=Cc1cnc(-c2ccco2)s1)c1nc(C)c(C#N)c(=O)[nH]1. The summed E-state index contributed by atoms with van der Waals surface area (Å²) in [7, 11) is 0. The Balaban J connectivity index is 1.95. The van der Waals surface area contributed by atoms with Crippen LogP contribution in [0.5, 0.6) is 0 Å². The maximum Gasteiger partial charge on any atom is 0.269 e. The molecule has 23 heavy (non-hydrogen) atoms. The number of nitrogens with one attached hydrogen (secondary N) is 1. The molecule has 0 fully saturated rings. The zero-order valence-electron chi connectivity index (χ0n) is 12.5. The normalized spacial score (nSPS) is 11.4. The predicted molar refractivity (Wildman–Crippen MR) is 87.7 cm³/mol. The molecule has 0 bridgehead atoms. The number of furan rings is 1. The molecule has 0 unspecified atom stereocenters. The van der Waals surface area contributed by atoms with E-state index in [1.165, 1.54) is 11.3 Å². The van der Waals surface area contributed by atoms with Crippen LogP contribution in [0.25, 0.3) is 22.4 Å². The first-order valence-electron chi connectivity index (χ1n) is 6.78. The van der Waals surface area contributed by atoms with Gasteiger partial charge in [-0.1, -0.05) is 0 Å². The van der Waals surface area contributed by atoms with Crippen LogP contribution in [0.2, 0.25) is 0 Å². The number of nitriles is 1. The molecule has 1 N–H and O–H groups in total. The molecule has 0 aromatic carbocycles. The molecule has 3 aromatic heterocycles. The summed E-state index contributed by atoms with van der Waals surface area (Å²) < 4.78 is 5.32. The molecule has 0 spiro atoms. The van der Waals surface area contributed by atoms with Gasteiger partial charge in [-0.05, 0) is 37.6 Å². The Labute approximate surface area is 135 Å². The van der Waals surface area contributed by atoms with E-state index in [0.29, 0.717) is 17.3 Å². The van der Waals surface area contributed by atoms with Crippen molar-refractivity contribution in [1.82, 2.24) is 15.0 Å². The first kappa shape index (κ1) is 14.9. The second kappa shape index (κ2) is 6.02. The third kappa shape index (κ3) is 2.98. The highest BCUT2D eigenvalue weighted by molar-refractivity contribution is 7.15. The summed E-state index contributed by atoms with van der Waals surface area (Å²) in [5.74, 6) is 1.16. The highest BCUT2D eigenvalue weighted by Gasteiger charge is 2.10. The van der Waals surface area contributed by atoms with Crippen molar-refractivity contribution in [1.29, 1.82) is 5.26 Å². The quantitative estimate of drug-likeness (QED) is 0.798. The average Bonchev–Trinajstić information content (AvgIpc) is 3.17. The van der Waals surface area contributed by atoms with Gasteiger partial charge in [0.05, 0.1) is 12.0 Å². The standard InChI is InChI=1S/C16H12N4O2S/c1-9(14-19-10(2)12(7-17)15(21)20-14)6-11-8-18-16(23-11)13-4-3-5-22-13/h3-6,8H,1-2H3,(H,19,20,21). The molecule has 3 rings (SSSR count). The van der Waals surface area contributed by atoms with Gasteiger partial charge in [0, 0.05) is 11.1 Å². The number of aromatic amines is 1. The summed E-state index contributed by atoms with van der Waals surface area (Å²) in [4.78, 5) is 24.0. The van der Waals surface area contributed by atoms with Crippen molar-refractivity contribution in [3.63, 3.8) is 0 Å². The molecular formula is C16H12N4O2S.